The summed E-state index contributed by atoms with van der Waals surface area (Å²) < 4.78 is 0. The van der Waals surface area contributed by atoms with Crippen molar-refractivity contribution in [1.82, 2.24) is 5.32 Å². The second kappa shape index (κ2) is 7.09. The summed E-state index contributed by atoms with van der Waals surface area (Å²) in [6.45, 7) is 8.07. The average molecular weight is 312 g/mol. The van der Waals surface area contributed by atoms with E-state index in [0.717, 1.165) is 56.2 Å². The Morgan fingerprint density at radius 1 is 1.43 bits per heavy atom. The molecule has 6 heteroatoms. The number of anilines is 1. The Kier molecular flexibility index (Phi) is 5.42. The lowest BCUT2D eigenvalue weighted by atomic mass is 9.96. The highest BCUT2D eigenvalue weighted by Gasteiger charge is 2.22. The second-order valence-electron chi connectivity index (χ2n) is 5.59. The van der Waals surface area contributed by atoms with Crippen LogP contribution < -0.4 is 10.2 Å². The minimum atomic E-state index is -0.429. The van der Waals surface area contributed by atoms with Gasteiger partial charge in [0, 0.05) is 24.8 Å². The van der Waals surface area contributed by atoms with Gasteiger partial charge in [-0.3, -0.25) is 10.1 Å². The van der Waals surface area contributed by atoms with Crippen LogP contribution in [-0.4, -0.2) is 31.1 Å². The van der Waals surface area contributed by atoms with Gasteiger partial charge < -0.3 is 10.2 Å². The van der Waals surface area contributed by atoms with Crippen LogP contribution in [0.4, 0.5) is 11.4 Å². The average Bonchev–Trinajstić information content (AvgIpc) is 2.47. The number of rotatable bonds is 5. The molecule has 2 rings (SSSR count). The van der Waals surface area contributed by atoms with Crippen molar-refractivity contribution in [3.05, 3.63) is 32.8 Å². The van der Waals surface area contributed by atoms with Crippen molar-refractivity contribution in [1.29, 1.82) is 0 Å². The maximum atomic E-state index is 10.9. The molecule has 0 aliphatic carbocycles. The van der Waals surface area contributed by atoms with Gasteiger partial charge >= 0.3 is 0 Å². The van der Waals surface area contributed by atoms with E-state index in [0.29, 0.717) is 0 Å². The third-order valence-electron chi connectivity index (χ3n) is 4.10. The van der Waals surface area contributed by atoms with Crippen molar-refractivity contribution in [2.24, 2.45) is 5.92 Å². The van der Waals surface area contributed by atoms with Crippen LogP contribution in [-0.2, 0) is 0 Å². The Morgan fingerprint density at radius 3 is 2.67 bits per heavy atom. The molecule has 1 N–H and O–H groups in total. The molecule has 0 saturated carbocycles. The Hall–Kier alpha value is -1.33. The summed E-state index contributed by atoms with van der Waals surface area (Å²) in [7, 11) is 0. The highest BCUT2D eigenvalue weighted by molar-refractivity contribution is 6.33. The van der Waals surface area contributed by atoms with Gasteiger partial charge in [-0.15, -0.1) is 0 Å². The SMILES string of the molecule is CCNCC1CCN(c2cc(Cl)c([N+](=O)[O-])cc2C)CC1. The lowest BCUT2D eigenvalue weighted by molar-refractivity contribution is -0.384. The number of hydrogen-bond donors (Lipinski definition) is 1. The Morgan fingerprint density at radius 2 is 2.10 bits per heavy atom. The number of piperidine rings is 1. The minimum absolute atomic E-state index is 0.0139. The Bertz CT molecular complexity index is 514. The minimum Gasteiger partial charge on any atom is -0.371 e. The number of nitro groups is 1. The van der Waals surface area contributed by atoms with Crippen LogP contribution in [0.15, 0.2) is 12.1 Å². The lowest BCUT2D eigenvalue weighted by Gasteiger charge is -2.34. The molecule has 1 aliphatic rings. The summed E-state index contributed by atoms with van der Waals surface area (Å²) in [6, 6.07) is 3.31. The van der Waals surface area contributed by atoms with Gasteiger partial charge in [-0.1, -0.05) is 18.5 Å². The van der Waals surface area contributed by atoms with Gasteiger partial charge in [-0.25, -0.2) is 0 Å². The normalized spacial score (nSPS) is 16.2. The summed E-state index contributed by atoms with van der Waals surface area (Å²) >= 11 is 6.03. The number of nitrogens with zero attached hydrogens (tertiary/aromatic N) is 2. The van der Waals surface area contributed by atoms with Crippen LogP contribution >= 0.6 is 11.6 Å². The summed E-state index contributed by atoms with van der Waals surface area (Å²) in [4.78, 5) is 12.8. The fourth-order valence-corrected chi connectivity index (χ4v) is 3.09. The fourth-order valence-electron chi connectivity index (χ4n) is 2.86. The molecule has 0 bridgehead atoms. The summed E-state index contributed by atoms with van der Waals surface area (Å²) in [6.07, 6.45) is 2.28. The molecular weight excluding hydrogens is 290 g/mol. The molecule has 0 spiro atoms. The highest BCUT2D eigenvalue weighted by atomic mass is 35.5. The molecule has 5 nitrogen and oxygen atoms in total. The number of aryl methyl sites for hydroxylation is 1. The van der Waals surface area contributed by atoms with Crippen LogP contribution in [0.25, 0.3) is 0 Å². The standard InChI is InChI=1S/C15H22ClN3O2/c1-3-17-10-12-4-6-18(7-5-12)14-9-13(16)15(19(20)21)8-11(14)2/h8-9,12,17H,3-7,10H2,1-2H3. The fraction of sp³-hybridized carbons (Fsp3) is 0.600. The quantitative estimate of drug-likeness (QED) is 0.669. The molecular formula is C15H22ClN3O2. The third kappa shape index (κ3) is 3.86. The molecule has 0 unspecified atom stereocenters. The zero-order valence-corrected chi connectivity index (χ0v) is 13.3. The number of benzene rings is 1. The third-order valence-corrected chi connectivity index (χ3v) is 4.40. The molecule has 0 amide bonds. The van der Waals surface area contributed by atoms with Crippen molar-refractivity contribution in [3.8, 4) is 0 Å². The lowest BCUT2D eigenvalue weighted by Crippen LogP contribution is -2.37. The van der Waals surface area contributed by atoms with Crippen LogP contribution in [0.2, 0.25) is 5.02 Å². The molecule has 116 valence electrons. The van der Waals surface area contributed by atoms with Crippen LogP contribution in [0, 0.1) is 23.0 Å². The number of halogens is 1. The van der Waals surface area contributed by atoms with E-state index >= 15 is 0 Å². The van der Waals surface area contributed by atoms with E-state index in [1.807, 2.05) is 6.92 Å². The molecule has 1 saturated heterocycles. The summed E-state index contributed by atoms with van der Waals surface area (Å²) in [5, 5.41) is 14.5. The smallest absolute Gasteiger partial charge is 0.288 e. The van der Waals surface area contributed by atoms with E-state index in [-0.39, 0.29) is 10.7 Å². The molecule has 1 aromatic rings. The molecule has 1 fully saturated rings. The van der Waals surface area contributed by atoms with E-state index in [4.69, 9.17) is 11.6 Å². The largest absolute Gasteiger partial charge is 0.371 e. The van der Waals surface area contributed by atoms with E-state index < -0.39 is 4.92 Å². The predicted octanol–water partition coefficient (Wildman–Crippen LogP) is 3.38. The van der Waals surface area contributed by atoms with Gasteiger partial charge in [0.25, 0.3) is 5.69 Å². The molecule has 1 heterocycles. The maximum Gasteiger partial charge on any atom is 0.288 e. The molecule has 21 heavy (non-hydrogen) atoms. The van der Waals surface area contributed by atoms with E-state index in [2.05, 4.69) is 17.1 Å². The number of hydrogen-bond acceptors (Lipinski definition) is 4. The first-order valence-corrected chi connectivity index (χ1v) is 7.81. The molecule has 0 aromatic heterocycles. The number of nitrogens with one attached hydrogen (secondary N) is 1. The Balaban J connectivity index is 2.07. The summed E-state index contributed by atoms with van der Waals surface area (Å²) in [5.41, 5.74) is 1.92. The van der Waals surface area contributed by atoms with Gasteiger partial charge in [0.2, 0.25) is 0 Å². The molecule has 0 radical (unpaired) electrons. The van der Waals surface area contributed by atoms with Crippen molar-refractivity contribution in [3.63, 3.8) is 0 Å². The first-order valence-electron chi connectivity index (χ1n) is 7.43. The molecule has 1 aromatic carbocycles. The van der Waals surface area contributed by atoms with Gasteiger partial charge in [0.05, 0.1) is 4.92 Å². The van der Waals surface area contributed by atoms with Gasteiger partial charge in [-0.2, -0.15) is 0 Å². The zero-order chi connectivity index (χ0) is 15.4. The number of nitro benzene ring substituents is 1. The first kappa shape index (κ1) is 16.0. The van der Waals surface area contributed by atoms with Gasteiger partial charge in [0.15, 0.2) is 0 Å². The maximum absolute atomic E-state index is 10.9. The topological polar surface area (TPSA) is 58.4 Å². The summed E-state index contributed by atoms with van der Waals surface area (Å²) in [5.74, 6) is 0.718. The van der Waals surface area contributed by atoms with Crippen molar-refractivity contribution in [2.75, 3.05) is 31.1 Å². The van der Waals surface area contributed by atoms with Crippen molar-refractivity contribution in [2.45, 2.75) is 26.7 Å². The van der Waals surface area contributed by atoms with Gasteiger partial charge in [-0.05, 0) is 50.4 Å². The molecule has 0 atom stereocenters. The van der Waals surface area contributed by atoms with Crippen LogP contribution in [0.1, 0.15) is 25.3 Å². The van der Waals surface area contributed by atoms with Crippen LogP contribution in [0.3, 0.4) is 0 Å². The molecule has 1 aliphatic heterocycles. The highest BCUT2D eigenvalue weighted by Crippen LogP contribution is 2.34. The van der Waals surface area contributed by atoms with Crippen LogP contribution in [0.5, 0.6) is 0 Å². The second-order valence-corrected chi connectivity index (χ2v) is 5.99. The zero-order valence-electron chi connectivity index (χ0n) is 12.6. The predicted molar refractivity (Wildman–Crippen MR) is 86.3 cm³/mol. The van der Waals surface area contributed by atoms with E-state index in [1.165, 1.54) is 0 Å². The van der Waals surface area contributed by atoms with Gasteiger partial charge in [0.1, 0.15) is 5.02 Å². The first-order chi connectivity index (χ1) is 10.0. The van der Waals surface area contributed by atoms with Crippen molar-refractivity contribution >= 4 is 23.0 Å². The van der Waals surface area contributed by atoms with E-state index in [9.17, 15) is 10.1 Å². The Labute approximate surface area is 130 Å². The van der Waals surface area contributed by atoms with Crippen molar-refractivity contribution < 1.29 is 4.92 Å². The monoisotopic (exact) mass is 311 g/mol. The van der Waals surface area contributed by atoms with E-state index in [1.54, 1.807) is 12.1 Å².